The number of nitrogens with zero attached hydrogens (tertiary/aromatic N) is 1. The first-order chi connectivity index (χ1) is 8.52. The number of H-pyrrole nitrogens is 1. The van der Waals surface area contributed by atoms with Crippen molar-refractivity contribution >= 4 is 0 Å². The van der Waals surface area contributed by atoms with Crippen LogP contribution in [0, 0.1) is 27.7 Å². The summed E-state index contributed by atoms with van der Waals surface area (Å²) >= 11 is 0. The molecule has 1 aromatic carbocycles. The molecule has 1 aliphatic carbocycles. The maximum Gasteiger partial charge on any atom is 0.238 e. The maximum atomic E-state index is 9.98. The maximum absolute atomic E-state index is 9.98. The Hall–Kier alpha value is -0.666. The number of aromatic hydroxyl groups is 1. The predicted molar refractivity (Wildman–Crippen MR) is 72.0 cm³/mol. The van der Waals surface area contributed by atoms with E-state index in [9.17, 15) is 5.11 Å². The zero-order chi connectivity index (χ0) is 13.0. The second kappa shape index (κ2) is 5.03. The van der Waals surface area contributed by atoms with Crippen LogP contribution in [0.25, 0.3) is 11.1 Å². The van der Waals surface area contributed by atoms with Gasteiger partial charge in [0.1, 0.15) is 0 Å². The Morgan fingerprint density at radius 1 is 0.895 bits per heavy atom. The van der Waals surface area contributed by atoms with Crippen LogP contribution in [0.1, 0.15) is 33.5 Å². The first-order valence-corrected chi connectivity index (χ1v) is 6.38. The van der Waals surface area contributed by atoms with Crippen molar-refractivity contribution in [3.05, 3.63) is 33.5 Å². The van der Waals surface area contributed by atoms with Gasteiger partial charge in [0.25, 0.3) is 0 Å². The summed E-state index contributed by atoms with van der Waals surface area (Å²) in [4.78, 5) is 0. The van der Waals surface area contributed by atoms with Crippen molar-refractivity contribution < 1.29 is 37.8 Å². The molecule has 3 rings (SSSR count). The number of hydrogen-bond acceptors (Lipinski definition) is 2. The number of aromatic nitrogens is 2. The molecular weight excluding hydrogens is 313 g/mol. The van der Waals surface area contributed by atoms with E-state index in [0.29, 0.717) is 0 Å². The molecule has 0 bridgehead atoms. The molecule has 0 spiro atoms. The minimum absolute atomic E-state index is 0. The Labute approximate surface area is 138 Å². The number of nitrogens with one attached hydrogen (secondary N) is 1. The molecule has 19 heavy (non-hydrogen) atoms. The van der Waals surface area contributed by atoms with Gasteiger partial charge in [-0.3, -0.25) is 5.10 Å². The summed E-state index contributed by atoms with van der Waals surface area (Å²) in [5, 5.41) is 16.9. The van der Waals surface area contributed by atoms with Crippen molar-refractivity contribution in [2.45, 2.75) is 40.5 Å². The van der Waals surface area contributed by atoms with E-state index >= 15 is 0 Å². The molecular formula is C15H18N2OY. The van der Waals surface area contributed by atoms with Crippen LogP contribution in [0.5, 0.6) is 5.88 Å². The molecule has 97 valence electrons. The summed E-state index contributed by atoms with van der Waals surface area (Å²) in [6, 6.07) is 0. The monoisotopic (exact) mass is 331 g/mol. The van der Waals surface area contributed by atoms with E-state index in [4.69, 9.17) is 0 Å². The Balaban J connectivity index is 0.00000133. The van der Waals surface area contributed by atoms with Crippen LogP contribution < -0.4 is 0 Å². The molecule has 0 unspecified atom stereocenters. The van der Waals surface area contributed by atoms with Gasteiger partial charge in [-0.1, -0.05) is 0 Å². The van der Waals surface area contributed by atoms with E-state index in [1.165, 1.54) is 33.4 Å². The van der Waals surface area contributed by atoms with Crippen molar-refractivity contribution in [2.24, 2.45) is 0 Å². The third-order valence-corrected chi connectivity index (χ3v) is 4.51. The minimum Gasteiger partial charge on any atom is -0.492 e. The Bertz CT molecular complexity index is 659. The zero-order valence-electron chi connectivity index (χ0n) is 11.9. The van der Waals surface area contributed by atoms with Crippen LogP contribution in [-0.2, 0) is 45.6 Å². The van der Waals surface area contributed by atoms with Crippen LogP contribution in [0.4, 0.5) is 0 Å². The summed E-state index contributed by atoms with van der Waals surface area (Å²) in [5.74, 6) is 0.136. The van der Waals surface area contributed by atoms with Crippen LogP contribution >= 0.6 is 0 Å². The Morgan fingerprint density at radius 2 is 1.53 bits per heavy atom. The molecule has 0 fully saturated rings. The molecule has 0 saturated heterocycles. The largest absolute Gasteiger partial charge is 0.492 e. The summed E-state index contributed by atoms with van der Waals surface area (Å²) in [6.07, 6.45) is 1.95. The molecule has 1 heterocycles. The third-order valence-electron chi connectivity index (χ3n) is 4.51. The molecule has 1 radical (unpaired) electrons. The van der Waals surface area contributed by atoms with Crippen molar-refractivity contribution in [2.75, 3.05) is 0 Å². The molecule has 0 aliphatic heterocycles. The van der Waals surface area contributed by atoms with Crippen molar-refractivity contribution in [1.82, 2.24) is 10.2 Å². The summed E-state index contributed by atoms with van der Waals surface area (Å²) in [7, 11) is 0. The number of benzene rings is 1. The fourth-order valence-electron chi connectivity index (χ4n) is 3.10. The van der Waals surface area contributed by atoms with E-state index in [-0.39, 0.29) is 38.6 Å². The van der Waals surface area contributed by atoms with Crippen LogP contribution in [0.3, 0.4) is 0 Å². The molecule has 0 saturated carbocycles. The van der Waals surface area contributed by atoms with Crippen molar-refractivity contribution in [3.63, 3.8) is 0 Å². The molecule has 2 N–H and O–H groups in total. The van der Waals surface area contributed by atoms with Gasteiger partial charge in [0, 0.05) is 38.4 Å². The van der Waals surface area contributed by atoms with Gasteiger partial charge in [-0.2, -0.15) is 0 Å². The summed E-state index contributed by atoms with van der Waals surface area (Å²) in [6.45, 7) is 8.66. The number of aromatic amines is 1. The van der Waals surface area contributed by atoms with Gasteiger partial charge in [-0.05, 0) is 73.9 Å². The van der Waals surface area contributed by atoms with Gasteiger partial charge < -0.3 is 5.11 Å². The Morgan fingerprint density at radius 3 is 2.21 bits per heavy atom. The van der Waals surface area contributed by atoms with Crippen LogP contribution in [0.15, 0.2) is 0 Å². The smallest absolute Gasteiger partial charge is 0.238 e. The van der Waals surface area contributed by atoms with E-state index < -0.39 is 0 Å². The standard InChI is InChI=1S/C15H18N2O.Y/c1-7-8(2)10(4)13-11(9(7)3)5-6-12-14(13)15(18)17-16-12;/h5-6H2,1-4H3,(H2,16,17,18);. The summed E-state index contributed by atoms with van der Waals surface area (Å²) in [5.41, 5.74) is 9.87. The molecule has 2 aromatic rings. The van der Waals surface area contributed by atoms with E-state index in [1.54, 1.807) is 0 Å². The second-order valence-corrected chi connectivity index (χ2v) is 5.25. The molecule has 1 aromatic heterocycles. The van der Waals surface area contributed by atoms with Gasteiger partial charge >= 0.3 is 0 Å². The van der Waals surface area contributed by atoms with Gasteiger partial charge in [-0.25, -0.2) is 0 Å². The third kappa shape index (κ3) is 1.98. The minimum atomic E-state index is 0. The second-order valence-electron chi connectivity index (χ2n) is 5.25. The normalized spacial score (nSPS) is 12.6. The van der Waals surface area contributed by atoms with Gasteiger partial charge in [0.15, 0.2) is 0 Å². The van der Waals surface area contributed by atoms with E-state index in [2.05, 4.69) is 37.9 Å². The van der Waals surface area contributed by atoms with Crippen molar-refractivity contribution in [3.8, 4) is 17.0 Å². The predicted octanol–water partition coefficient (Wildman–Crippen LogP) is 3.11. The number of fused-ring (bicyclic) bond motifs is 3. The fraction of sp³-hybridized carbons (Fsp3) is 0.400. The summed E-state index contributed by atoms with van der Waals surface area (Å²) < 4.78 is 0. The number of rotatable bonds is 0. The number of hydrogen-bond donors (Lipinski definition) is 2. The van der Waals surface area contributed by atoms with Gasteiger partial charge in [0.05, 0.1) is 5.56 Å². The quantitative estimate of drug-likeness (QED) is 0.779. The van der Waals surface area contributed by atoms with Crippen LogP contribution in [-0.4, -0.2) is 15.3 Å². The van der Waals surface area contributed by atoms with Crippen molar-refractivity contribution in [1.29, 1.82) is 0 Å². The fourth-order valence-corrected chi connectivity index (χ4v) is 3.10. The first-order valence-electron chi connectivity index (χ1n) is 6.38. The first kappa shape index (κ1) is 14.7. The van der Waals surface area contributed by atoms with Gasteiger partial charge in [0.2, 0.25) is 5.88 Å². The molecule has 4 heteroatoms. The Kier molecular flexibility index (Phi) is 3.90. The average molecular weight is 331 g/mol. The number of aryl methyl sites for hydroxylation is 1. The topological polar surface area (TPSA) is 48.9 Å². The van der Waals surface area contributed by atoms with Gasteiger partial charge in [-0.15, -0.1) is 5.10 Å². The zero-order valence-corrected chi connectivity index (χ0v) is 14.7. The molecule has 1 aliphatic rings. The van der Waals surface area contributed by atoms with Crippen LogP contribution in [0.2, 0.25) is 0 Å². The van der Waals surface area contributed by atoms with E-state index in [0.717, 1.165) is 24.1 Å². The average Bonchev–Trinajstić information content (AvgIpc) is 2.75. The SMILES string of the molecule is Cc1c(C)c(C)c2c(c1C)CCc1[nH]nc(O)c1-2.[Y]. The molecule has 0 atom stereocenters. The van der Waals surface area contributed by atoms with E-state index in [1.807, 2.05) is 0 Å². The molecule has 0 amide bonds. The molecule has 3 nitrogen and oxygen atoms in total.